The van der Waals surface area contributed by atoms with E-state index < -0.39 is 0 Å². The maximum absolute atomic E-state index is 12.5. The lowest BCUT2D eigenvalue weighted by Gasteiger charge is -2.19. The van der Waals surface area contributed by atoms with Gasteiger partial charge in [-0.2, -0.15) is 5.10 Å². The molecule has 1 aliphatic rings. The number of benzene rings is 1. The van der Waals surface area contributed by atoms with Crippen LogP contribution in [0.15, 0.2) is 30.3 Å². The van der Waals surface area contributed by atoms with E-state index in [-0.39, 0.29) is 12.5 Å². The van der Waals surface area contributed by atoms with Crippen molar-refractivity contribution in [2.24, 2.45) is 7.05 Å². The first kappa shape index (κ1) is 18.6. The van der Waals surface area contributed by atoms with Gasteiger partial charge in [-0.1, -0.05) is 12.1 Å². The van der Waals surface area contributed by atoms with Gasteiger partial charge < -0.3 is 18.9 Å². The van der Waals surface area contributed by atoms with E-state index in [9.17, 15) is 4.79 Å². The average molecular weight is 383 g/mol. The molecular formula is C20H25N5O3. The number of rotatable bonds is 6. The van der Waals surface area contributed by atoms with Crippen LogP contribution in [0.1, 0.15) is 12.1 Å². The second-order valence-corrected chi connectivity index (χ2v) is 6.94. The van der Waals surface area contributed by atoms with Gasteiger partial charge in [0.15, 0.2) is 5.82 Å². The zero-order valence-electron chi connectivity index (χ0n) is 16.3. The number of fused-ring (bicyclic) bond motifs is 2. The minimum absolute atomic E-state index is 0.00460. The van der Waals surface area contributed by atoms with Gasteiger partial charge in [0.2, 0.25) is 5.91 Å². The summed E-state index contributed by atoms with van der Waals surface area (Å²) in [6.45, 7) is 3.01. The lowest BCUT2D eigenvalue weighted by molar-refractivity contribution is -0.137. The monoisotopic (exact) mass is 383 g/mol. The number of carbonyl (C=O) groups is 1. The van der Waals surface area contributed by atoms with Crippen molar-refractivity contribution in [3.05, 3.63) is 36.0 Å². The summed E-state index contributed by atoms with van der Waals surface area (Å²) in [4.78, 5) is 19.1. The van der Waals surface area contributed by atoms with Crippen LogP contribution in [-0.2, 0) is 34.4 Å². The van der Waals surface area contributed by atoms with Gasteiger partial charge in [0.1, 0.15) is 12.3 Å². The largest absolute Gasteiger partial charge is 0.382 e. The van der Waals surface area contributed by atoms with Crippen LogP contribution in [0.4, 0.5) is 0 Å². The fourth-order valence-electron chi connectivity index (χ4n) is 3.55. The summed E-state index contributed by atoms with van der Waals surface area (Å²) in [5.41, 5.74) is 3.88. The first-order chi connectivity index (χ1) is 13.7. The molecule has 0 radical (unpaired) electrons. The second kappa shape index (κ2) is 8.12. The second-order valence-electron chi connectivity index (χ2n) is 6.94. The highest BCUT2D eigenvalue weighted by molar-refractivity contribution is 5.80. The predicted octanol–water partition coefficient (Wildman–Crippen LogP) is 1.83. The third kappa shape index (κ3) is 3.65. The molecule has 0 saturated carbocycles. The Morgan fingerprint density at radius 2 is 2.07 bits per heavy atom. The Labute approximate surface area is 163 Å². The molecule has 1 aliphatic heterocycles. The zero-order valence-corrected chi connectivity index (χ0v) is 16.3. The molecule has 0 bridgehead atoms. The fourth-order valence-corrected chi connectivity index (χ4v) is 3.55. The molecule has 2 aromatic heterocycles. The van der Waals surface area contributed by atoms with Crippen LogP contribution >= 0.6 is 0 Å². The van der Waals surface area contributed by atoms with Gasteiger partial charge in [-0.05, 0) is 24.6 Å². The summed E-state index contributed by atoms with van der Waals surface area (Å²) < 4.78 is 14.4. The van der Waals surface area contributed by atoms with E-state index in [0.29, 0.717) is 26.3 Å². The van der Waals surface area contributed by atoms with E-state index in [1.807, 2.05) is 40.9 Å². The smallest absolute Gasteiger partial charge is 0.248 e. The minimum Gasteiger partial charge on any atom is -0.382 e. The number of ether oxygens (including phenoxy) is 2. The van der Waals surface area contributed by atoms with E-state index in [4.69, 9.17) is 19.6 Å². The summed E-state index contributed by atoms with van der Waals surface area (Å²) in [5, 5.41) is 4.76. The number of aryl methyl sites for hydroxylation is 2. The normalized spacial score (nSPS) is 14.3. The number of para-hydroxylation sites is 2. The average Bonchev–Trinajstić information content (AvgIpc) is 3.19. The van der Waals surface area contributed by atoms with E-state index in [1.54, 1.807) is 7.11 Å². The lowest BCUT2D eigenvalue weighted by Crippen LogP contribution is -2.34. The van der Waals surface area contributed by atoms with Crippen LogP contribution in [0.3, 0.4) is 0 Å². The van der Waals surface area contributed by atoms with Crippen molar-refractivity contribution < 1.29 is 14.3 Å². The van der Waals surface area contributed by atoms with Crippen LogP contribution in [0.2, 0.25) is 0 Å². The van der Waals surface area contributed by atoms with E-state index in [1.165, 1.54) is 0 Å². The van der Waals surface area contributed by atoms with Crippen molar-refractivity contribution in [2.45, 2.75) is 19.5 Å². The fraction of sp³-hybridized carbons (Fsp3) is 0.450. The molecule has 1 amide bonds. The van der Waals surface area contributed by atoms with Gasteiger partial charge in [-0.15, -0.1) is 0 Å². The summed E-state index contributed by atoms with van der Waals surface area (Å²) in [6.07, 6.45) is 0.862. The summed E-state index contributed by atoms with van der Waals surface area (Å²) in [5.74, 6) is 0.831. The molecule has 28 heavy (non-hydrogen) atoms. The molecule has 3 aromatic rings. The molecule has 148 valence electrons. The van der Waals surface area contributed by atoms with Gasteiger partial charge in [0, 0.05) is 27.2 Å². The Hall–Kier alpha value is -2.71. The Morgan fingerprint density at radius 1 is 1.21 bits per heavy atom. The van der Waals surface area contributed by atoms with Crippen LogP contribution in [-0.4, -0.2) is 63.6 Å². The molecule has 4 rings (SSSR count). The molecule has 0 unspecified atom stereocenters. The van der Waals surface area contributed by atoms with Gasteiger partial charge in [0.25, 0.3) is 0 Å². The van der Waals surface area contributed by atoms with Crippen molar-refractivity contribution in [3.8, 4) is 11.5 Å². The molecule has 3 heterocycles. The first-order valence-corrected chi connectivity index (χ1v) is 9.50. The number of amides is 1. The number of imidazole rings is 1. The summed E-state index contributed by atoms with van der Waals surface area (Å²) >= 11 is 0. The molecular weight excluding hydrogens is 358 g/mol. The van der Waals surface area contributed by atoms with Gasteiger partial charge in [0.05, 0.1) is 36.5 Å². The van der Waals surface area contributed by atoms with Gasteiger partial charge in [-0.3, -0.25) is 9.48 Å². The Kier molecular flexibility index (Phi) is 5.40. The predicted molar refractivity (Wildman–Crippen MR) is 105 cm³/mol. The van der Waals surface area contributed by atoms with Crippen molar-refractivity contribution in [2.75, 3.05) is 33.5 Å². The van der Waals surface area contributed by atoms with Gasteiger partial charge >= 0.3 is 0 Å². The van der Waals surface area contributed by atoms with Crippen molar-refractivity contribution >= 4 is 16.9 Å². The lowest BCUT2D eigenvalue weighted by atomic mass is 10.3. The number of methoxy groups -OCH3 is 1. The minimum atomic E-state index is -0.00460. The van der Waals surface area contributed by atoms with E-state index in [0.717, 1.165) is 41.2 Å². The van der Waals surface area contributed by atoms with Gasteiger partial charge in [-0.25, -0.2) is 4.98 Å². The molecule has 0 atom stereocenters. The molecule has 0 fully saturated rings. The number of hydrogen-bond donors (Lipinski definition) is 0. The molecule has 1 aromatic carbocycles. The highest BCUT2D eigenvalue weighted by Gasteiger charge is 2.22. The van der Waals surface area contributed by atoms with Crippen molar-refractivity contribution in [3.63, 3.8) is 0 Å². The molecule has 0 saturated heterocycles. The number of hydrogen-bond acceptors (Lipinski definition) is 5. The van der Waals surface area contributed by atoms with Crippen molar-refractivity contribution in [1.82, 2.24) is 24.2 Å². The molecule has 8 heteroatoms. The third-order valence-corrected chi connectivity index (χ3v) is 5.04. The summed E-state index contributed by atoms with van der Waals surface area (Å²) in [7, 11) is 3.62. The highest BCUT2D eigenvalue weighted by atomic mass is 16.5. The van der Waals surface area contributed by atoms with Crippen LogP contribution in [0.5, 0.6) is 0 Å². The topological polar surface area (TPSA) is 74.4 Å². The SMILES string of the molecule is COCCOCC(=O)N1CCCn2nc(-c3nc4ccccc4n3C)cc2C1. The summed E-state index contributed by atoms with van der Waals surface area (Å²) in [6, 6.07) is 10.1. The maximum Gasteiger partial charge on any atom is 0.248 e. The molecule has 0 spiro atoms. The van der Waals surface area contributed by atoms with Crippen LogP contribution in [0, 0.1) is 0 Å². The highest BCUT2D eigenvalue weighted by Crippen LogP contribution is 2.25. The Balaban J connectivity index is 1.53. The Bertz CT molecular complexity index is 978. The molecule has 0 aliphatic carbocycles. The standard InChI is InChI=1S/C20H25N5O3/c1-23-18-7-4-3-6-16(18)21-20(23)17-12-15-13-24(8-5-9-25(15)22-17)19(26)14-28-11-10-27-2/h3-4,6-7,12H,5,8-11,13-14H2,1-2H3. The molecule has 0 N–H and O–H groups in total. The quantitative estimate of drug-likeness (QED) is 0.607. The maximum atomic E-state index is 12.5. The van der Waals surface area contributed by atoms with E-state index in [2.05, 4.69) is 10.6 Å². The third-order valence-electron chi connectivity index (χ3n) is 5.04. The zero-order chi connectivity index (χ0) is 19.5. The molecule has 8 nitrogen and oxygen atoms in total. The van der Waals surface area contributed by atoms with Crippen molar-refractivity contribution in [1.29, 1.82) is 0 Å². The number of nitrogens with zero attached hydrogens (tertiary/aromatic N) is 5. The number of aromatic nitrogens is 4. The van der Waals surface area contributed by atoms with Crippen LogP contribution in [0.25, 0.3) is 22.6 Å². The van der Waals surface area contributed by atoms with E-state index >= 15 is 0 Å². The first-order valence-electron chi connectivity index (χ1n) is 9.50. The number of carbonyl (C=O) groups excluding carboxylic acids is 1. The Morgan fingerprint density at radius 3 is 2.89 bits per heavy atom. The van der Waals surface area contributed by atoms with Crippen LogP contribution < -0.4 is 0 Å².